The minimum Gasteiger partial charge on any atom is -0.383 e. The van der Waals surface area contributed by atoms with E-state index in [1.54, 1.807) is 6.20 Å². The molecule has 4 aromatic rings. The molecule has 0 saturated heterocycles. The lowest BCUT2D eigenvalue weighted by Gasteiger charge is -2.05. The zero-order valence-electron chi connectivity index (χ0n) is 11.2. The molecule has 0 fully saturated rings. The van der Waals surface area contributed by atoms with Gasteiger partial charge in [-0.3, -0.25) is 0 Å². The van der Waals surface area contributed by atoms with E-state index in [-0.39, 0.29) is 0 Å². The number of fused-ring (bicyclic) bond motifs is 5. The van der Waals surface area contributed by atoms with E-state index in [0.717, 1.165) is 39.8 Å². The highest BCUT2D eigenvalue weighted by Crippen LogP contribution is 2.27. The fraction of sp³-hybridized carbons (Fsp3) is 0.231. The third-order valence-electron chi connectivity index (χ3n) is 3.47. The number of pyridine rings is 1. The van der Waals surface area contributed by atoms with E-state index < -0.39 is 0 Å². The highest BCUT2D eigenvalue weighted by atomic mass is 15.3. The molecule has 7 nitrogen and oxygen atoms in total. The van der Waals surface area contributed by atoms with Crippen molar-refractivity contribution in [2.45, 2.75) is 20.4 Å². The van der Waals surface area contributed by atoms with Crippen LogP contribution in [0.5, 0.6) is 0 Å². The smallest absolute Gasteiger partial charge is 0.159 e. The Labute approximate surface area is 114 Å². The molecule has 0 aliphatic carbocycles. The van der Waals surface area contributed by atoms with Crippen molar-refractivity contribution in [1.29, 1.82) is 0 Å². The van der Waals surface area contributed by atoms with Crippen LogP contribution in [-0.4, -0.2) is 29.4 Å². The van der Waals surface area contributed by atoms with Gasteiger partial charge in [-0.05, 0) is 13.8 Å². The van der Waals surface area contributed by atoms with Crippen molar-refractivity contribution < 1.29 is 0 Å². The second-order valence-corrected chi connectivity index (χ2v) is 4.77. The molecule has 0 aliphatic rings. The Kier molecular flexibility index (Phi) is 2.04. The van der Waals surface area contributed by atoms with Crippen molar-refractivity contribution >= 4 is 33.4 Å². The minimum absolute atomic E-state index is 0.464. The average molecular weight is 267 g/mol. The number of aryl methyl sites for hydroxylation is 2. The number of nitrogens with two attached hydrogens (primary N) is 1. The van der Waals surface area contributed by atoms with Gasteiger partial charge in [-0.25, -0.2) is 19.2 Å². The van der Waals surface area contributed by atoms with E-state index in [4.69, 9.17) is 5.73 Å². The normalized spacial score (nSPS) is 11.9. The van der Waals surface area contributed by atoms with Crippen LogP contribution in [0, 0.1) is 6.92 Å². The van der Waals surface area contributed by atoms with Crippen molar-refractivity contribution in [2.24, 2.45) is 0 Å². The molecular weight excluding hydrogens is 254 g/mol. The first-order valence-electron chi connectivity index (χ1n) is 6.45. The van der Waals surface area contributed by atoms with Gasteiger partial charge < -0.3 is 5.73 Å². The molecule has 0 amide bonds. The van der Waals surface area contributed by atoms with Crippen LogP contribution in [0.1, 0.15) is 12.6 Å². The lowest BCUT2D eigenvalue weighted by Crippen LogP contribution is -2.02. The van der Waals surface area contributed by atoms with Gasteiger partial charge in [-0.15, -0.1) is 0 Å². The first-order valence-corrected chi connectivity index (χ1v) is 6.45. The maximum atomic E-state index is 6.04. The Balaban J connectivity index is 2.32. The summed E-state index contributed by atoms with van der Waals surface area (Å²) in [6.45, 7) is 4.74. The van der Waals surface area contributed by atoms with Crippen molar-refractivity contribution in [3.05, 3.63) is 24.2 Å². The van der Waals surface area contributed by atoms with Gasteiger partial charge in [0.1, 0.15) is 5.82 Å². The maximum absolute atomic E-state index is 6.04. The highest BCUT2D eigenvalue weighted by molar-refractivity contribution is 6.06. The molecule has 0 aromatic carbocycles. The summed E-state index contributed by atoms with van der Waals surface area (Å²) in [6.07, 6.45) is 3.55. The van der Waals surface area contributed by atoms with Crippen molar-refractivity contribution in [2.75, 3.05) is 5.73 Å². The van der Waals surface area contributed by atoms with E-state index >= 15 is 0 Å². The third-order valence-corrected chi connectivity index (χ3v) is 3.47. The standard InChI is InChI=1S/C13H13N7/c1-3-19-13-9(6-16-19)11-8(5-15-13)12(14)17-10-4-7(2)18-20(10)11/h4-6H,3H2,1-2H3,(H2,14,17). The minimum atomic E-state index is 0.464. The molecule has 0 unspecified atom stereocenters. The average Bonchev–Trinajstić information content (AvgIpc) is 3.00. The van der Waals surface area contributed by atoms with Crippen LogP contribution in [0.3, 0.4) is 0 Å². The third kappa shape index (κ3) is 1.29. The van der Waals surface area contributed by atoms with Crippen molar-refractivity contribution in [3.63, 3.8) is 0 Å². The Morgan fingerprint density at radius 3 is 2.90 bits per heavy atom. The Hall–Kier alpha value is -2.70. The number of aromatic nitrogens is 6. The molecule has 0 bridgehead atoms. The lowest BCUT2D eigenvalue weighted by atomic mass is 10.2. The molecule has 0 radical (unpaired) electrons. The van der Waals surface area contributed by atoms with Crippen LogP contribution in [0.25, 0.3) is 27.6 Å². The molecule has 0 atom stereocenters. The van der Waals surface area contributed by atoms with Crippen molar-refractivity contribution in [1.82, 2.24) is 29.4 Å². The van der Waals surface area contributed by atoms with Crippen LogP contribution >= 0.6 is 0 Å². The second kappa shape index (κ2) is 3.66. The fourth-order valence-corrected chi connectivity index (χ4v) is 2.57. The monoisotopic (exact) mass is 267 g/mol. The maximum Gasteiger partial charge on any atom is 0.159 e. The first-order chi connectivity index (χ1) is 9.69. The van der Waals surface area contributed by atoms with Crippen LogP contribution in [-0.2, 0) is 6.54 Å². The molecular formula is C13H13N7. The Bertz CT molecular complexity index is 963. The summed E-state index contributed by atoms with van der Waals surface area (Å²) in [5.74, 6) is 0.464. The quantitative estimate of drug-likeness (QED) is 0.565. The van der Waals surface area contributed by atoms with E-state index in [1.807, 2.05) is 35.3 Å². The van der Waals surface area contributed by atoms with E-state index in [1.165, 1.54) is 0 Å². The molecule has 4 heterocycles. The fourth-order valence-electron chi connectivity index (χ4n) is 2.57. The van der Waals surface area contributed by atoms with Gasteiger partial charge in [0.15, 0.2) is 11.3 Å². The van der Waals surface area contributed by atoms with E-state index in [2.05, 4.69) is 20.2 Å². The largest absolute Gasteiger partial charge is 0.383 e. The van der Waals surface area contributed by atoms with Gasteiger partial charge in [-0.1, -0.05) is 0 Å². The van der Waals surface area contributed by atoms with Gasteiger partial charge in [0.2, 0.25) is 0 Å². The number of hydrogen-bond donors (Lipinski definition) is 1. The topological polar surface area (TPSA) is 86.9 Å². The summed E-state index contributed by atoms with van der Waals surface area (Å²) in [7, 11) is 0. The molecule has 7 heteroatoms. The van der Waals surface area contributed by atoms with Gasteiger partial charge in [0.25, 0.3) is 0 Å². The first kappa shape index (κ1) is 11.2. The SMILES string of the molecule is CCn1ncc2c1ncc1c(N)nc3cc(C)nn3c12. The molecule has 4 aromatic heterocycles. The van der Waals surface area contributed by atoms with Gasteiger partial charge in [-0.2, -0.15) is 10.2 Å². The molecule has 0 spiro atoms. The molecule has 2 N–H and O–H groups in total. The molecule has 20 heavy (non-hydrogen) atoms. The van der Waals surface area contributed by atoms with Gasteiger partial charge in [0.05, 0.1) is 28.2 Å². The van der Waals surface area contributed by atoms with Crippen LogP contribution in [0.2, 0.25) is 0 Å². The molecule has 0 saturated carbocycles. The number of hydrogen-bond acceptors (Lipinski definition) is 5. The Morgan fingerprint density at radius 2 is 2.10 bits per heavy atom. The van der Waals surface area contributed by atoms with Crippen LogP contribution in [0.15, 0.2) is 18.5 Å². The lowest BCUT2D eigenvalue weighted by molar-refractivity contribution is 0.677. The second-order valence-electron chi connectivity index (χ2n) is 4.77. The van der Waals surface area contributed by atoms with Crippen LogP contribution in [0.4, 0.5) is 5.82 Å². The summed E-state index contributed by atoms with van der Waals surface area (Å²) >= 11 is 0. The molecule has 0 aliphatic heterocycles. The Morgan fingerprint density at radius 1 is 1.25 bits per heavy atom. The molecule has 100 valence electrons. The number of nitrogen functional groups attached to an aromatic ring is 1. The summed E-state index contributed by atoms with van der Waals surface area (Å²) < 4.78 is 3.67. The summed E-state index contributed by atoms with van der Waals surface area (Å²) in [5, 5.41) is 10.6. The zero-order valence-corrected chi connectivity index (χ0v) is 11.2. The summed E-state index contributed by atoms with van der Waals surface area (Å²) in [6, 6.07) is 1.91. The van der Waals surface area contributed by atoms with E-state index in [0.29, 0.717) is 5.82 Å². The summed E-state index contributed by atoms with van der Waals surface area (Å²) in [5.41, 5.74) is 9.42. The van der Waals surface area contributed by atoms with Gasteiger partial charge in [0, 0.05) is 18.8 Å². The number of anilines is 1. The summed E-state index contributed by atoms with van der Waals surface area (Å²) in [4.78, 5) is 8.82. The van der Waals surface area contributed by atoms with E-state index in [9.17, 15) is 0 Å². The van der Waals surface area contributed by atoms with Crippen LogP contribution < -0.4 is 5.73 Å². The molecule has 4 rings (SSSR count). The zero-order chi connectivity index (χ0) is 13.9. The predicted molar refractivity (Wildman–Crippen MR) is 76.4 cm³/mol. The number of nitrogens with zero attached hydrogens (tertiary/aromatic N) is 6. The highest BCUT2D eigenvalue weighted by Gasteiger charge is 2.14. The predicted octanol–water partition coefficient (Wildman–Crippen LogP) is 1.54. The van der Waals surface area contributed by atoms with Gasteiger partial charge >= 0.3 is 0 Å². The number of rotatable bonds is 1. The van der Waals surface area contributed by atoms with Crippen molar-refractivity contribution in [3.8, 4) is 0 Å².